The molecule has 0 aromatic rings. The van der Waals surface area contributed by atoms with E-state index >= 15 is 0 Å². The molecular formula is C13H25N. The molecule has 1 aliphatic carbocycles. The molecule has 1 rings (SSSR count). The second-order valence-electron chi connectivity index (χ2n) is 5.08. The topological polar surface area (TPSA) is 12.4 Å². The Morgan fingerprint density at radius 2 is 1.79 bits per heavy atom. The highest BCUT2D eigenvalue weighted by Crippen LogP contribution is 2.45. The fourth-order valence-electron chi connectivity index (χ4n) is 2.94. The summed E-state index contributed by atoms with van der Waals surface area (Å²) in [5.41, 5.74) is 1.73. The van der Waals surface area contributed by atoms with Gasteiger partial charge in [0, 0.05) is 17.7 Å². The molecule has 0 aromatic carbocycles. The first kappa shape index (κ1) is 11.7. The van der Waals surface area contributed by atoms with E-state index in [4.69, 9.17) is 0 Å². The lowest BCUT2D eigenvalue weighted by Gasteiger charge is -2.45. The summed E-state index contributed by atoms with van der Waals surface area (Å²) in [5.74, 6) is 1.59. The van der Waals surface area contributed by atoms with E-state index in [2.05, 4.69) is 39.6 Å². The molecular weight excluding hydrogens is 170 g/mol. The van der Waals surface area contributed by atoms with Crippen molar-refractivity contribution < 1.29 is 0 Å². The van der Waals surface area contributed by atoms with Crippen LogP contribution in [-0.2, 0) is 0 Å². The molecule has 0 amide bonds. The summed E-state index contributed by atoms with van der Waals surface area (Å²) in [7, 11) is 0. The van der Waals surface area contributed by atoms with Gasteiger partial charge in [0.2, 0.25) is 0 Å². The van der Waals surface area contributed by atoms with E-state index in [1.807, 2.05) is 0 Å². The monoisotopic (exact) mass is 195 g/mol. The minimum Gasteiger partial charge on any atom is -0.294 e. The van der Waals surface area contributed by atoms with E-state index in [1.54, 1.807) is 0 Å². The molecule has 0 spiro atoms. The Morgan fingerprint density at radius 3 is 2.21 bits per heavy atom. The average Bonchev–Trinajstić information content (AvgIpc) is 2.14. The lowest BCUT2D eigenvalue weighted by atomic mass is 9.60. The van der Waals surface area contributed by atoms with Gasteiger partial charge < -0.3 is 0 Å². The Morgan fingerprint density at radius 1 is 1.29 bits per heavy atom. The summed E-state index contributed by atoms with van der Waals surface area (Å²) < 4.78 is 0. The molecule has 0 aromatic heterocycles. The third kappa shape index (κ3) is 1.87. The summed E-state index contributed by atoms with van der Waals surface area (Å²) in [5, 5.41) is 0. The van der Waals surface area contributed by atoms with Crippen LogP contribution in [0, 0.1) is 17.3 Å². The number of hydrogen-bond acceptors (Lipinski definition) is 1. The molecule has 1 saturated carbocycles. The van der Waals surface area contributed by atoms with Gasteiger partial charge in [0.1, 0.15) is 0 Å². The number of rotatable bonds is 2. The van der Waals surface area contributed by atoms with Gasteiger partial charge >= 0.3 is 0 Å². The maximum Gasteiger partial charge on any atom is 0.0360 e. The van der Waals surface area contributed by atoms with Crippen molar-refractivity contribution in [2.24, 2.45) is 22.2 Å². The van der Waals surface area contributed by atoms with E-state index in [9.17, 15) is 0 Å². The lowest BCUT2D eigenvalue weighted by Crippen LogP contribution is -2.42. The minimum atomic E-state index is 0.355. The van der Waals surface area contributed by atoms with Gasteiger partial charge in [-0.3, -0.25) is 4.99 Å². The molecule has 0 aliphatic heterocycles. The second-order valence-corrected chi connectivity index (χ2v) is 5.08. The van der Waals surface area contributed by atoms with Crippen LogP contribution in [-0.4, -0.2) is 12.3 Å². The van der Waals surface area contributed by atoms with Crippen LogP contribution in [0.4, 0.5) is 0 Å². The number of hydrogen-bond donors (Lipinski definition) is 0. The van der Waals surface area contributed by atoms with Crippen LogP contribution in [0.5, 0.6) is 0 Å². The van der Waals surface area contributed by atoms with Crippen LogP contribution in [0.15, 0.2) is 4.99 Å². The fourth-order valence-corrected chi connectivity index (χ4v) is 2.94. The second kappa shape index (κ2) is 4.46. The van der Waals surface area contributed by atoms with Crippen molar-refractivity contribution >= 4 is 5.71 Å². The molecule has 1 aliphatic rings. The van der Waals surface area contributed by atoms with Gasteiger partial charge in [0.15, 0.2) is 0 Å². The maximum atomic E-state index is 4.64. The molecule has 0 saturated heterocycles. The van der Waals surface area contributed by atoms with Crippen molar-refractivity contribution in [2.45, 2.75) is 53.9 Å². The molecule has 0 bridgehead atoms. The van der Waals surface area contributed by atoms with Crippen LogP contribution in [0.2, 0.25) is 0 Å². The van der Waals surface area contributed by atoms with Crippen LogP contribution >= 0.6 is 0 Å². The van der Waals surface area contributed by atoms with E-state index in [0.29, 0.717) is 5.41 Å². The zero-order valence-corrected chi connectivity index (χ0v) is 10.4. The fraction of sp³-hybridized carbons (Fsp3) is 0.923. The Labute approximate surface area is 89.0 Å². The first-order chi connectivity index (χ1) is 6.53. The Bertz CT molecular complexity index is 207. The van der Waals surface area contributed by atoms with E-state index in [-0.39, 0.29) is 0 Å². The molecule has 14 heavy (non-hydrogen) atoms. The van der Waals surface area contributed by atoms with E-state index < -0.39 is 0 Å². The normalized spacial score (nSPS) is 39.9. The largest absolute Gasteiger partial charge is 0.294 e. The van der Waals surface area contributed by atoms with Crippen molar-refractivity contribution in [3.05, 3.63) is 0 Å². The molecule has 0 radical (unpaired) electrons. The van der Waals surface area contributed by atoms with Crippen LogP contribution < -0.4 is 0 Å². The van der Waals surface area contributed by atoms with Gasteiger partial charge in [0.05, 0.1) is 0 Å². The molecule has 1 fully saturated rings. The number of aliphatic imine (C=N–C) groups is 1. The summed E-state index contributed by atoms with van der Waals surface area (Å²) in [6.45, 7) is 12.5. The molecule has 2 unspecified atom stereocenters. The summed E-state index contributed by atoms with van der Waals surface area (Å²) >= 11 is 0. The summed E-state index contributed by atoms with van der Waals surface area (Å²) in [4.78, 5) is 4.64. The standard InChI is InChI=1S/C13H25N/c1-6-14-12(4)13(5)10(2)8-7-9-11(13)3/h10-11H,6-9H2,1-5H3. The van der Waals surface area contributed by atoms with Crippen molar-refractivity contribution in [1.29, 1.82) is 0 Å². The van der Waals surface area contributed by atoms with Gasteiger partial charge in [-0.1, -0.05) is 27.2 Å². The molecule has 1 nitrogen and oxygen atoms in total. The van der Waals surface area contributed by atoms with Gasteiger partial charge in [-0.15, -0.1) is 0 Å². The summed E-state index contributed by atoms with van der Waals surface area (Å²) in [6.07, 6.45) is 4.14. The quantitative estimate of drug-likeness (QED) is 0.592. The van der Waals surface area contributed by atoms with Crippen LogP contribution in [0.25, 0.3) is 0 Å². The Kier molecular flexibility index (Phi) is 3.74. The van der Waals surface area contributed by atoms with E-state index in [1.165, 1.54) is 25.0 Å². The van der Waals surface area contributed by atoms with E-state index in [0.717, 1.165) is 18.4 Å². The highest BCUT2D eigenvalue weighted by Gasteiger charge is 2.41. The summed E-state index contributed by atoms with van der Waals surface area (Å²) in [6, 6.07) is 0. The zero-order chi connectivity index (χ0) is 10.8. The third-order valence-electron chi connectivity index (χ3n) is 4.50. The van der Waals surface area contributed by atoms with Gasteiger partial charge in [0.25, 0.3) is 0 Å². The highest BCUT2D eigenvalue weighted by atomic mass is 14.7. The van der Waals surface area contributed by atoms with Gasteiger partial charge in [-0.05, 0) is 38.5 Å². The molecule has 1 heteroatoms. The van der Waals surface area contributed by atoms with Crippen LogP contribution in [0.1, 0.15) is 53.9 Å². The van der Waals surface area contributed by atoms with Crippen molar-refractivity contribution in [3.8, 4) is 0 Å². The van der Waals surface area contributed by atoms with Crippen molar-refractivity contribution in [3.63, 3.8) is 0 Å². The lowest BCUT2D eigenvalue weighted by molar-refractivity contribution is 0.135. The predicted octanol–water partition coefficient (Wildman–Crippen LogP) is 3.93. The molecule has 0 N–H and O–H groups in total. The SMILES string of the molecule is CCN=C(C)C1(C)C(C)CCCC1C. The third-order valence-corrected chi connectivity index (χ3v) is 4.50. The molecule has 0 heterocycles. The van der Waals surface area contributed by atoms with Crippen molar-refractivity contribution in [1.82, 2.24) is 0 Å². The maximum absolute atomic E-state index is 4.64. The highest BCUT2D eigenvalue weighted by molar-refractivity contribution is 5.88. The zero-order valence-electron chi connectivity index (χ0n) is 10.4. The first-order valence-electron chi connectivity index (χ1n) is 6.05. The van der Waals surface area contributed by atoms with Gasteiger partial charge in [-0.2, -0.15) is 0 Å². The molecule has 82 valence electrons. The Balaban J connectivity index is 2.92. The van der Waals surface area contributed by atoms with Gasteiger partial charge in [-0.25, -0.2) is 0 Å². The van der Waals surface area contributed by atoms with Crippen molar-refractivity contribution in [2.75, 3.05) is 6.54 Å². The predicted molar refractivity (Wildman–Crippen MR) is 63.9 cm³/mol. The smallest absolute Gasteiger partial charge is 0.0360 e. The molecule has 2 atom stereocenters. The minimum absolute atomic E-state index is 0.355. The number of nitrogens with zero attached hydrogens (tertiary/aromatic N) is 1. The Hall–Kier alpha value is -0.330. The first-order valence-corrected chi connectivity index (χ1v) is 6.05. The average molecular weight is 195 g/mol. The van der Waals surface area contributed by atoms with Crippen LogP contribution in [0.3, 0.4) is 0 Å².